The van der Waals surface area contributed by atoms with Gasteiger partial charge in [-0.3, -0.25) is 4.79 Å². The van der Waals surface area contributed by atoms with Gasteiger partial charge in [0.05, 0.1) is 28.3 Å². The molecule has 4 N–H and O–H groups in total. The van der Waals surface area contributed by atoms with Gasteiger partial charge < -0.3 is 15.3 Å². The van der Waals surface area contributed by atoms with Crippen molar-refractivity contribution in [1.29, 1.82) is 0 Å². The smallest absolute Gasteiger partial charge is 0.335 e. The van der Waals surface area contributed by atoms with Crippen molar-refractivity contribution in [2.24, 2.45) is 122 Å². The lowest BCUT2D eigenvalue weighted by Gasteiger charge is -2.08. The van der Waals surface area contributed by atoms with E-state index < -0.39 is 5.97 Å². The number of carbonyl (C=O) groups is 2. The number of aromatic nitrogens is 4. The highest BCUT2D eigenvalue weighted by atomic mass is 35.5. The van der Waals surface area contributed by atoms with E-state index in [2.05, 4.69) is 180 Å². The van der Waals surface area contributed by atoms with Crippen LogP contribution in [-0.4, -0.2) is 148 Å². The van der Waals surface area contributed by atoms with Crippen molar-refractivity contribution in [3.8, 4) is 50.3 Å². The number of azo groups is 8. The highest BCUT2D eigenvalue weighted by Gasteiger charge is 2.20. The van der Waals surface area contributed by atoms with Crippen LogP contribution >= 0.6 is 23.2 Å². The van der Waals surface area contributed by atoms with E-state index >= 15 is 0 Å². The summed E-state index contributed by atoms with van der Waals surface area (Å²) in [6.07, 6.45) is 4.58. The summed E-state index contributed by atoms with van der Waals surface area (Å²) in [5, 5.41) is 104. The van der Waals surface area contributed by atoms with Gasteiger partial charge in [0, 0.05) is 44.0 Å². The predicted molar refractivity (Wildman–Crippen MR) is 528 cm³/mol. The maximum atomic E-state index is 13.1. The molecule has 137 heavy (non-hydrogen) atoms. The number of phenolic OH excluding ortho intramolecular Hbond substituents is 1. The number of carboxylic acid groups (broad SMARTS) is 1. The molecule has 8 aliphatic heterocycles. The number of benzene rings is 13. The number of aromatic hydroxyl groups is 1. The number of carbonyl (C=O) groups excluding carboxylic acids is 1. The van der Waals surface area contributed by atoms with Gasteiger partial charge >= 0.3 is 5.97 Å². The number of aliphatic imine (C=N–C) groups is 8. The number of aryl methyl sites for hydroxylation is 1. The van der Waals surface area contributed by atoms with Crippen molar-refractivity contribution < 1.29 is 29.3 Å². The van der Waals surface area contributed by atoms with Gasteiger partial charge in [-0.25, -0.2) is 49.1 Å². The van der Waals surface area contributed by atoms with E-state index in [9.17, 15) is 19.1 Å². The second-order valence-corrected chi connectivity index (χ2v) is 29.8. The molecule has 0 atom stereocenters. The lowest BCUT2D eigenvalue weighted by molar-refractivity contribution is 0.0696. The number of rotatable bonds is 17. The fourth-order valence-electron chi connectivity index (χ4n) is 13.3. The minimum atomic E-state index is -0.932. The molecule has 0 aliphatic carbocycles. The number of aromatic amines is 1. The van der Waals surface area contributed by atoms with Crippen LogP contribution in [0.3, 0.4) is 0 Å². The number of hydrogen-bond donors (Lipinski definition) is 4. The number of hydrogen-bond acceptors (Lipinski definition) is 31. The van der Waals surface area contributed by atoms with Crippen LogP contribution in [0.2, 0.25) is 10.0 Å². The van der Waals surface area contributed by atoms with Crippen LogP contribution in [0.5, 0.6) is 5.75 Å². The molecular weight excluding hydrogens is 1780 g/mol. The summed E-state index contributed by atoms with van der Waals surface area (Å²) in [6.45, 7) is 5.29. The molecule has 13 aromatic carbocycles. The van der Waals surface area contributed by atoms with E-state index in [1.165, 1.54) is 17.2 Å². The van der Waals surface area contributed by atoms with Crippen LogP contribution in [0.15, 0.2) is 443 Å². The number of tetrazole rings is 1. The number of aliphatic hydroxyl groups is 1. The summed E-state index contributed by atoms with van der Waals surface area (Å²) in [5.74, 6) is 4.43. The maximum Gasteiger partial charge on any atom is 0.335 e. The molecule has 1 aromatic heterocycles. The van der Waals surface area contributed by atoms with Crippen LogP contribution in [0.1, 0.15) is 87.7 Å². The van der Waals surface area contributed by atoms with Gasteiger partial charge in [0.15, 0.2) is 106 Å². The van der Waals surface area contributed by atoms with Crippen LogP contribution in [0, 0.1) is 12.7 Å². The largest absolute Gasteiger partial charge is 0.507 e. The molecule has 0 amide bonds. The molecule has 676 valence electrons. The number of aldehydes is 1. The molecule has 8 aliphatic rings. The number of phenols is 1. The molecule has 33 nitrogen and oxygen atoms in total. The number of nitrogens with one attached hydrogen (secondary N) is 1. The molecule has 0 unspecified atom stereocenters. The van der Waals surface area contributed by atoms with Gasteiger partial charge in [-0.15, -0.1) is 51.1 Å². The van der Waals surface area contributed by atoms with Gasteiger partial charge in [0.2, 0.25) is 0 Å². The van der Waals surface area contributed by atoms with Crippen LogP contribution in [-0.2, 0) is 6.61 Å². The van der Waals surface area contributed by atoms with E-state index in [1.54, 1.807) is 78.9 Å². The monoisotopic (exact) mass is 1850 g/mol. The zero-order valence-electron chi connectivity index (χ0n) is 73.1. The van der Waals surface area contributed by atoms with Crippen molar-refractivity contribution in [2.75, 3.05) is 53.3 Å². The molecule has 9 heterocycles. The third-order valence-corrected chi connectivity index (χ3v) is 20.5. The van der Waals surface area contributed by atoms with E-state index in [0.717, 1.165) is 95.6 Å². The van der Waals surface area contributed by atoms with Gasteiger partial charge in [0.25, 0.3) is 0 Å². The molecular formula is C101H81Cl2FN28O5. The number of aromatic carboxylic acids is 1. The summed E-state index contributed by atoms with van der Waals surface area (Å²) >= 11 is 11.6. The second-order valence-electron chi connectivity index (χ2n) is 28.9. The molecule has 0 spiro atoms. The average molecular weight is 1860 g/mol. The number of para-hydroxylation sites is 1. The SMILES string of the molecule is C(=C\c1nn[nH]n1)/c1ccccc1.Cc1ccc(-c2ccccc2C2=NCN=N2)cc1.Clc1ccc(C2=NCN=N2)cc1.Clc1ccccc1C1=NCN=N1.Fc1ccccc1C1=NCN=N1.O=C(O)c1ccc(-c2ccccc2C2=NCN=N2)cc1.O=Cc1ccc(-c2ccccc2C2=NCN=N2)cc1.OCc1ccc(-c2ccccc2C2=NCN=N2)cc1.Oc1ccccc1C1=NCN=N1. The first kappa shape index (κ1) is 95.3. The Kier molecular flexibility index (Phi) is 34.8. The Morgan fingerprint density at radius 1 is 0.343 bits per heavy atom. The Labute approximate surface area is 794 Å². The normalized spacial score (nSPS) is 13.7. The van der Waals surface area contributed by atoms with Crippen LogP contribution < -0.4 is 0 Å². The molecule has 22 rings (SSSR count). The Balaban J connectivity index is 0.000000124. The third kappa shape index (κ3) is 27.5. The number of halogens is 3. The van der Waals surface area contributed by atoms with Crippen molar-refractivity contribution in [2.45, 2.75) is 13.5 Å². The Morgan fingerprint density at radius 3 is 1.04 bits per heavy atom. The number of amidine groups is 8. The zero-order valence-corrected chi connectivity index (χ0v) is 74.6. The number of H-pyrrole nitrogens is 1. The van der Waals surface area contributed by atoms with Crippen LogP contribution in [0.25, 0.3) is 56.7 Å². The molecule has 36 heteroatoms. The van der Waals surface area contributed by atoms with E-state index in [-0.39, 0.29) is 23.7 Å². The fraction of sp³-hybridized carbons (Fsp3) is 0.0990. The summed E-state index contributed by atoms with van der Waals surface area (Å²) in [5.41, 5.74) is 19.4. The van der Waals surface area contributed by atoms with Crippen molar-refractivity contribution in [1.82, 2.24) is 20.6 Å². The number of carboxylic acids is 1. The highest BCUT2D eigenvalue weighted by molar-refractivity contribution is 6.34. The van der Waals surface area contributed by atoms with Crippen LogP contribution in [0.4, 0.5) is 4.39 Å². The van der Waals surface area contributed by atoms with Gasteiger partial charge in [0.1, 0.15) is 17.9 Å². The number of aliphatic hydroxyl groups excluding tert-OH is 1. The minimum absolute atomic E-state index is 0.0584. The van der Waals surface area contributed by atoms with Crippen molar-refractivity contribution in [3.63, 3.8) is 0 Å². The molecule has 0 radical (unpaired) electrons. The minimum Gasteiger partial charge on any atom is -0.507 e. The average Bonchev–Trinajstić information content (AvgIpc) is 1.81. The Morgan fingerprint density at radius 2 is 0.672 bits per heavy atom. The van der Waals surface area contributed by atoms with E-state index in [4.69, 9.17) is 33.4 Å². The highest BCUT2D eigenvalue weighted by Crippen LogP contribution is 2.32. The summed E-state index contributed by atoms with van der Waals surface area (Å²) < 4.78 is 13.1. The number of nitrogens with zero attached hydrogens (tertiary/aromatic N) is 27. The quantitative estimate of drug-likeness (QED) is 0.0633. The first-order valence-electron chi connectivity index (χ1n) is 42.2. The molecule has 0 saturated heterocycles. The summed E-state index contributed by atoms with van der Waals surface area (Å²) in [7, 11) is 0. The maximum absolute atomic E-state index is 13.1. The topological polar surface area (TPSA) is 446 Å². The lowest BCUT2D eigenvalue weighted by atomic mass is 9.98. The molecule has 0 saturated carbocycles. The molecule has 0 fully saturated rings. The van der Waals surface area contributed by atoms with E-state index in [1.807, 2.05) is 218 Å². The second kappa shape index (κ2) is 50.0. The molecule has 14 aromatic rings. The summed E-state index contributed by atoms with van der Waals surface area (Å²) in [6, 6.07) is 101. The van der Waals surface area contributed by atoms with E-state index in [0.29, 0.717) is 127 Å². The molecule has 0 bridgehead atoms. The first-order valence-corrected chi connectivity index (χ1v) is 43.0. The Hall–Kier alpha value is -17.8. The summed E-state index contributed by atoms with van der Waals surface area (Å²) in [4.78, 5) is 54.6. The first-order chi connectivity index (χ1) is 67.3. The zero-order chi connectivity index (χ0) is 95.0. The van der Waals surface area contributed by atoms with Gasteiger partial charge in [-0.2, -0.15) is 46.1 Å². The Bertz CT molecular complexity index is 6940. The third-order valence-electron chi connectivity index (χ3n) is 19.9. The van der Waals surface area contributed by atoms with Crippen molar-refractivity contribution >= 4 is 94.3 Å². The predicted octanol–water partition coefficient (Wildman–Crippen LogP) is 23.4. The standard InChI is InChI=1S/C15H11N3O2.C15H13N3O.C15H11N3O.C15H13N3.C9H8N4.2C8H6ClN3.C8H6FN3.C8H7N3O/c19-15(20)11-7-5-10(6-8-11)12-3-1-2-4-13(12)14-16-9-17-18-14;2*19-9-11-5-7-12(8-6-11)13-3-1-2-4-14(13)15-16-10-17-18-15;1-11-6-8-12(9-7-11)13-4-2-3-5-14(13)15-16-10-17-18-15;1-2-4-8(5-3-1)6-7-9-10-12-13-11-9;9-7-3-1-6(2-4-7)8-10-5-11-12-8;2*9-7-4-2-1-3-6(7)8-10-5-11-12-8;12-7-4-2-1-3-6(7)8-9-5-10-11-8/h1-8H,9H2,(H,19,20);1-8,19H,9-10H2;1-9H,10H2;2-9H,10H2,1H3;1-7H,(H,10,11,12,13);3*1-4H,5H2;1-4,12H,5H2/b;;;;7-6+;;;;. The van der Waals surface area contributed by atoms with Gasteiger partial charge in [-0.05, 0) is 147 Å². The van der Waals surface area contributed by atoms with Gasteiger partial charge in [-0.1, -0.05) is 284 Å². The fourth-order valence-corrected chi connectivity index (χ4v) is 13.6. The lowest BCUT2D eigenvalue weighted by Crippen LogP contribution is -1.98. The van der Waals surface area contributed by atoms with Crippen molar-refractivity contribution in [3.05, 3.63) is 416 Å².